The Balaban J connectivity index is 3.02. The Hall–Kier alpha value is 1.28. The molecule has 0 aromatic carbocycles. The van der Waals surface area contributed by atoms with E-state index in [4.69, 9.17) is 22.2 Å². The van der Waals surface area contributed by atoms with E-state index in [1.807, 2.05) is 0 Å². The van der Waals surface area contributed by atoms with Crippen molar-refractivity contribution in [1.29, 1.82) is 0 Å². The highest BCUT2D eigenvalue weighted by atomic mass is 79.9. The SMILES string of the molecule is Cl[SiH](Cl)CCCCCCCCCCCCCCCCCCCCCCCCCCCCCCCCCCCBr. The van der Waals surface area contributed by atoms with Crippen molar-refractivity contribution in [2.24, 2.45) is 0 Å². The van der Waals surface area contributed by atoms with Crippen LogP contribution in [0, 0.1) is 0 Å². The van der Waals surface area contributed by atoms with Gasteiger partial charge < -0.3 is 0 Å². The average molecular weight is 671 g/mol. The number of unbranched alkanes of at least 4 members (excludes halogenated alkanes) is 32. The molecule has 4 heteroatoms. The smallest absolute Gasteiger partial charge is 0.150 e. The molecule has 0 aliphatic heterocycles. The second-order valence-electron chi connectivity index (χ2n) is 12.5. The van der Waals surface area contributed by atoms with Crippen molar-refractivity contribution in [3.63, 3.8) is 0 Å². The van der Waals surface area contributed by atoms with Gasteiger partial charge in [-0.05, 0) is 12.5 Å². The summed E-state index contributed by atoms with van der Waals surface area (Å²) in [7, 11) is -1.34. The first-order valence-electron chi connectivity index (χ1n) is 18.1. The summed E-state index contributed by atoms with van der Waals surface area (Å²) in [6.07, 6.45) is 48.0. The highest BCUT2D eigenvalue weighted by Crippen LogP contribution is 2.17. The molecule has 0 N–H and O–H groups in total. The summed E-state index contributed by atoms with van der Waals surface area (Å²) in [4.78, 5) is 0. The van der Waals surface area contributed by atoms with E-state index in [-0.39, 0.29) is 0 Å². The summed E-state index contributed by atoms with van der Waals surface area (Å²) in [6, 6.07) is 1.10. The zero-order valence-corrected chi connectivity index (χ0v) is 30.7. The van der Waals surface area contributed by atoms with Crippen LogP contribution >= 0.6 is 38.1 Å². The third kappa shape index (κ3) is 39.3. The second-order valence-corrected chi connectivity index (χ2v) is 18.5. The third-order valence-electron chi connectivity index (χ3n) is 8.56. The molecular weight excluding hydrogens is 599 g/mol. The first-order valence-corrected chi connectivity index (χ1v) is 23.5. The van der Waals surface area contributed by atoms with Crippen LogP contribution in [0.15, 0.2) is 0 Å². The van der Waals surface area contributed by atoms with Crippen molar-refractivity contribution in [3.05, 3.63) is 0 Å². The van der Waals surface area contributed by atoms with Crippen molar-refractivity contribution in [2.75, 3.05) is 5.33 Å². The zero-order chi connectivity index (χ0) is 28.3. The van der Waals surface area contributed by atoms with Crippen LogP contribution in [0.4, 0.5) is 0 Å². The van der Waals surface area contributed by atoms with E-state index >= 15 is 0 Å². The molecule has 0 aromatic heterocycles. The molecule has 0 atom stereocenters. The molecule has 236 valence electrons. The van der Waals surface area contributed by atoms with Crippen LogP contribution in [0.2, 0.25) is 6.04 Å². The van der Waals surface area contributed by atoms with Gasteiger partial charge in [0, 0.05) is 5.33 Å². The monoisotopic (exact) mass is 668 g/mol. The first kappa shape index (κ1) is 40.3. The van der Waals surface area contributed by atoms with Crippen LogP contribution in [0.5, 0.6) is 0 Å². The van der Waals surface area contributed by atoms with Gasteiger partial charge in [0.05, 0.1) is 0 Å². The minimum Gasteiger partial charge on any atom is -0.150 e. The van der Waals surface area contributed by atoms with E-state index in [0.717, 1.165) is 6.04 Å². The van der Waals surface area contributed by atoms with Gasteiger partial charge in [-0.3, -0.25) is 0 Å². The number of rotatable bonds is 35. The lowest BCUT2D eigenvalue weighted by atomic mass is 10.0. The summed E-state index contributed by atoms with van der Waals surface area (Å²) in [5.74, 6) is 0. The fourth-order valence-corrected chi connectivity index (χ4v) is 7.79. The fraction of sp³-hybridized carbons (Fsp3) is 1.00. The largest absolute Gasteiger partial charge is 0.237 e. The van der Waals surface area contributed by atoms with Crippen LogP contribution in [0.3, 0.4) is 0 Å². The summed E-state index contributed by atoms with van der Waals surface area (Å²) in [5.41, 5.74) is 0. The van der Waals surface area contributed by atoms with Crippen LogP contribution < -0.4 is 0 Å². The normalized spacial score (nSPS) is 11.7. The molecule has 0 saturated carbocycles. The van der Waals surface area contributed by atoms with E-state index in [0.29, 0.717) is 0 Å². The Kier molecular flexibility index (Phi) is 38.5. The van der Waals surface area contributed by atoms with Crippen LogP contribution in [0.1, 0.15) is 212 Å². The molecule has 0 fully saturated rings. The Morgan fingerprint density at radius 1 is 0.256 bits per heavy atom. The maximum absolute atomic E-state index is 5.91. The number of hydrogen-bond acceptors (Lipinski definition) is 0. The van der Waals surface area contributed by atoms with Gasteiger partial charge in [0.2, 0.25) is 7.42 Å². The molecule has 0 unspecified atom stereocenters. The molecule has 0 aliphatic rings. The van der Waals surface area contributed by atoms with E-state index in [2.05, 4.69) is 15.9 Å². The molecule has 0 rings (SSSR count). The standard InChI is InChI=1S/C35H71BrCl2Si/c36-34-32-30-28-26-24-22-20-18-16-14-12-10-8-6-4-2-1-3-5-7-9-11-13-15-17-19-21-23-25-27-29-31-33-35-39(37)38/h39H,1-35H2. The quantitative estimate of drug-likeness (QED) is 0.0272. The number of hydrogen-bond donors (Lipinski definition) is 0. The van der Waals surface area contributed by atoms with E-state index in [1.165, 1.54) is 217 Å². The van der Waals surface area contributed by atoms with Crippen molar-refractivity contribution in [2.45, 2.75) is 218 Å². The van der Waals surface area contributed by atoms with E-state index in [1.54, 1.807) is 0 Å². The highest BCUT2D eigenvalue weighted by Gasteiger charge is 2.01. The molecule has 0 radical (unpaired) electrons. The van der Waals surface area contributed by atoms with Gasteiger partial charge in [0.25, 0.3) is 0 Å². The van der Waals surface area contributed by atoms with E-state index in [9.17, 15) is 0 Å². The van der Waals surface area contributed by atoms with Gasteiger partial charge in [0.1, 0.15) is 0 Å². The molecule has 0 amide bonds. The molecule has 0 heterocycles. The molecule has 0 aromatic rings. The lowest BCUT2D eigenvalue weighted by Gasteiger charge is -2.05. The molecular formula is C35H71BrCl2Si. The third-order valence-corrected chi connectivity index (χ3v) is 11.3. The minimum atomic E-state index is -1.34. The number of halogens is 3. The fourth-order valence-electron chi connectivity index (χ4n) is 5.87. The van der Waals surface area contributed by atoms with Gasteiger partial charge in [-0.15, -0.1) is 0 Å². The van der Waals surface area contributed by atoms with Crippen LogP contribution in [0.25, 0.3) is 0 Å². The average Bonchev–Trinajstić information content (AvgIpc) is 2.93. The minimum absolute atomic E-state index is 1.10. The Morgan fingerprint density at radius 3 is 0.564 bits per heavy atom. The molecule has 0 aliphatic carbocycles. The molecule has 0 spiro atoms. The summed E-state index contributed by atoms with van der Waals surface area (Å²) in [6.45, 7) is 0. The predicted octanol–water partition coefficient (Wildman–Crippen LogP) is 15.0. The lowest BCUT2D eigenvalue weighted by molar-refractivity contribution is 0.512. The molecule has 0 bridgehead atoms. The molecule has 0 nitrogen and oxygen atoms in total. The molecule has 39 heavy (non-hydrogen) atoms. The van der Waals surface area contributed by atoms with Gasteiger partial charge >= 0.3 is 0 Å². The van der Waals surface area contributed by atoms with Crippen LogP contribution in [-0.4, -0.2) is 12.7 Å². The zero-order valence-electron chi connectivity index (χ0n) is 26.5. The Labute approximate surface area is 267 Å². The van der Waals surface area contributed by atoms with E-state index < -0.39 is 7.42 Å². The summed E-state index contributed by atoms with van der Waals surface area (Å²) >= 11 is 15.3. The van der Waals surface area contributed by atoms with Crippen molar-refractivity contribution in [1.82, 2.24) is 0 Å². The Morgan fingerprint density at radius 2 is 0.410 bits per heavy atom. The summed E-state index contributed by atoms with van der Waals surface area (Å²) in [5, 5.41) is 1.18. The van der Waals surface area contributed by atoms with Gasteiger partial charge in [-0.25, -0.2) is 0 Å². The maximum Gasteiger partial charge on any atom is 0.237 e. The maximum atomic E-state index is 5.91. The van der Waals surface area contributed by atoms with Gasteiger partial charge in [0.15, 0.2) is 0 Å². The number of alkyl halides is 1. The van der Waals surface area contributed by atoms with Gasteiger partial charge in [-0.2, -0.15) is 22.2 Å². The van der Waals surface area contributed by atoms with Gasteiger partial charge in [-0.1, -0.05) is 221 Å². The van der Waals surface area contributed by atoms with Crippen molar-refractivity contribution in [3.8, 4) is 0 Å². The lowest BCUT2D eigenvalue weighted by Crippen LogP contribution is -1.91. The first-order chi connectivity index (χ1) is 19.3. The summed E-state index contributed by atoms with van der Waals surface area (Å²) < 4.78 is 0. The topological polar surface area (TPSA) is 0 Å². The van der Waals surface area contributed by atoms with Crippen molar-refractivity contribution < 1.29 is 0 Å². The highest BCUT2D eigenvalue weighted by molar-refractivity contribution is 9.09. The molecule has 0 saturated heterocycles. The Bertz CT molecular complexity index is 421. The second kappa shape index (κ2) is 37.3. The van der Waals surface area contributed by atoms with Crippen LogP contribution in [-0.2, 0) is 0 Å². The van der Waals surface area contributed by atoms with Crippen molar-refractivity contribution >= 4 is 45.5 Å². The predicted molar refractivity (Wildman–Crippen MR) is 190 cm³/mol.